The van der Waals surface area contributed by atoms with Gasteiger partial charge < -0.3 is 5.11 Å². The van der Waals surface area contributed by atoms with Crippen molar-refractivity contribution >= 4 is 22.9 Å². The first-order valence-corrected chi connectivity index (χ1v) is 5.82. The van der Waals surface area contributed by atoms with Gasteiger partial charge in [-0.15, -0.1) is 11.3 Å². The van der Waals surface area contributed by atoms with Gasteiger partial charge in [-0.3, -0.25) is 0 Å². The van der Waals surface area contributed by atoms with Gasteiger partial charge in [-0.05, 0) is 18.2 Å². The van der Waals surface area contributed by atoms with Crippen LogP contribution in [-0.4, -0.2) is 5.11 Å². The molecule has 1 N–H and O–H groups in total. The Morgan fingerprint density at radius 3 is 2.47 bits per heavy atom. The maximum Gasteiger partial charge on any atom is 0.194 e. The molecule has 1 heterocycles. The summed E-state index contributed by atoms with van der Waals surface area (Å²) in [6.07, 6.45) is -1.36. The van der Waals surface area contributed by atoms with E-state index >= 15 is 0 Å². The van der Waals surface area contributed by atoms with Crippen LogP contribution in [0.3, 0.4) is 0 Å². The minimum absolute atomic E-state index is 0.317. The lowest BCUT2D eigenvalue weighted by atomic mass is 10.1. The SMILES string of the molecule is OC(c1cc(Cl)cs1)c1ccc(F)c(F)c1F. The normalized spacial score (nSPS) is 12.8. The number of aliphatic hydroxyl groups is 1. The molecule has 1 atom stereocenters. The number of halogens is 4. The highest BCUT2D eigenvalue weighted by atomic mass is 35.5. The molecule has 0 aliphatic heterocycles. The first-order valence-electron chi connectivity index (χ1n) is 4.56. The fraction of sp³-hybridized carbons (Fsp3) is 0.0909. The molecule has 2 aromatic rings. The maximum absolute atomic E-state index is 13.4. The largest absolute Gasteiger partial charge is 0.383 e. The molecule has 1 nitrogen and oxygen atoms in total. The number of benzene rings is 1. The molecule has 0 aliphatic rings. The Labute approximate surface area is 104 Å². The van der Waals surface area contributed by atoms with Gasteiger partial charge in [0.15, 0.2) is 17.5 Å². The van der Waals surface area contributed by atoms with E-state index in [0.717, 1.165) is 23.5 Å². The van der Waals surface area contributed by atoms with Crippen molar-refractivity contribution in [1.29, 1.82) is 0 Å². The van der Waals surface area contributed by atoms with E-state index in [1.807, 2.05) is 0 Å². The summed E-state index contributed by atoms with van der Waals surface area (Å²) >= 11 is 6.77. The summed E-state index contributed by atoms with van der Waals surface area (Å²) in [7, 11) is 0. The molecule has 17 heavy (non-hydrogen) atoms. The first-order chi connectivity index (χ1) is 8.00. The van der Waals surface area contributed by atoms with Crippen LogP contribution in [0.1, 0.15) is 16.5 Å². The second-order valence-electron chi connectivity index (χ2n) is 3.33. The van der Waals surface area contributed by atoms with E-state index in [4.69, 9.17) is 11.6 Å². The average molecular weight is 279 g/mol. The van der Waals surface area contributed by atoms with E-state index in [2.05, 4.69) is 0 Å². The van der Waals surface area contributed by atoms with E-state index < -0.39 is 23.6 Å². The Morgan fingerprint density at radius 1 is 1.18 bits per heavy atom. The van der Waals surface area contributed by atoms with Gasteiger partial charge in [0.25, 0.3) is 0 Å². The van der Waals surface area contributed by atoms with Crippen molar-refractivity contribution in [2.75, 3.05) is 0 Å². The van der Waals surface area contributed by atoms with E-state index in [9.17, 15) is 18.3 Å². The van der Waals surface area contributed by atoms with E-state index in [-0.39, 0.29) is 5.56 Å². The molecule has 0 bridgehead atoms. The molecule has 0 radical (unpaired) electrons. The fourth-order valence-electron chi connectivity index (χ4n) is 1.38. The van der Waals surface area contributed by atoms with Gasteiger partial charge in [-0.25, -0.2) is 13.2 Å². The Balaban J connectivity index is 2.44. The number of rotatable bonds is 2. The molecule has 6 heteroatoms. The van der Waals surface area contributed by atoms with Gasteiger partial charge in [0.1, 0.15) is 6.10 Å². The predicted molar refractivity (Wildman–Crippen MR) is 59.7 cm³/mol. The summed E-state index contributed by atoms with van der Waals surface area (Å²) in [5, 5.41) is 11.8. The third kappa shape index (κ3) is 2.31. The second kappa shape index (κ2) is 4.68. The first kappa shape index (κ1) is 12.4. The van der Waals surface area contributed by atoms with Crippen molar-refractivity contribution in [2.24, 2.45) is 0 Å². The standard InChI is InChI=1S/C11H6ClF3OS/c12-5-3-8(17-4-5)11(16)6-1-2-7(13)10(15)9(6)14/h1-4,11,16H. The Kier molecular flexibility index (Phi) is 3.42. The van der Waals surface area contributed by atoms with Gasteiger partial charge >= 0.3 is 0 Å². The Hall–Kier alpha value is -1.04. The third-order valence-electron chi connectivity index (χ3n) is 2.22. The van der Waals surface area contributed by atoms with Gasteiger partial charge in [-0.2, -0.15) is 0 Å². The maximum atomic E-state index is 13.4. The average Bonchev–Trinajstić information content (AvgIpc) is 2.72. The highest BCUT2D eigenvalue weighted by Gasteiger charge is 2.21. The minimum Gasteiger partial charge on any atom is -0.383 e. The monoisotopic (exact) mass is 278 g/mol. The quantitative estimate of drug-likeness (QED) is 0.826. The molecule has 0 amide bonds. The summed E-state index contributed by atoms with van der Waals surface area (Å²) in [6.45, 7) is 0. The second-order valence-corrected chi connectivity index (χ2v) is 4.71. The molecular formula is C11H6ClF3OS. The third-order valence-corrected chi connectivity index (χ3v) is 3.55. The zero-order valence-corrected chi connectivity index (χ0v) is 9.83. The summed E-state index contributed by atoms with van der Waals surface area (Å²) in [4.78, 5) is 0.361. The lowest BCUT2D eigenvalue weighted by Crippen LogP contribution is -2.04. The molecule has 1 aromatic heterocycles. The van der Waals surface area contributed by atoms with Crippen LogP contribution < -0.4 is 0 Å². The van der Waals surface area contributed by atoms with Gasteiger partial charge in [0, 0.05) is 15.8 Å². The fourth-order valence-corrected chi connectivity index (χ4v) is 2.46. The lowest BCUT2D eigenvalue weighted by Gasteiger charge is -2.10. The number of hydrogen-bond donors (Lipinski definition) is 1. The zero-order chi connectivity index (χ0) is 12.6. The lowest BCUT2D eigenvalue weighted by molar-refractivity contribution is 0.216. The summed E-state index contributed by atoms with van der Waals surface area (Å²) in [6, 6.07) is 3.22. The van der Waals surface area contributed by atoms with Crippen LogP contribution in [0.4, 0.5) is 13.2 Å². The van der Waals surface area contributed by atoms with Crippen LogP contribution in [0.25, 0.3) is 0 Å². The van der Waals surface area contributed by atoms with Crippen LogP contribution in [0, 0.1) is 17.5 Å². The Bertz CT molecular complexity index is 556. The van der Waals surface area contributed by atoms with Crippen LogP contribution >= 0.6 is 22.9 Å². The molecule has 0 spiro atoms. The summed E-state index contributed by atoms with van der Waals surface area (Å²) < 4.78 is 39.1. The summed E-state index contributed by atoms with van der Waals surface area (Å²) in [5.41, 5.74) is -0.317. The molecule has 2 rings (SSSR count). The molecule has 1 aromatic carbocycles. The molecule has 0 aliphatic carbocycles. The molecule has 0 fully saturated rings. The van der Waals surface area contributed by atoms with Crippen LogP contribution in [-0.2, 0) is 0 Å². The van der Waals surface area contributed by atoms with Crippen molar-refractivity contribution in [3.63, 3.8) is 0 Å². The molecule has 0 saturated heterocycles. The van der Waals surface area contributed by atoms with E-state index in [1.165, 1.54) is 6.07 Å². The smallest absolute Gasteiger partial charge is 0.194 e. The topological polar surface area (TPSA) is 20.2 Å². The molecule has 90 valence electrons. The van der Waals surface area contributed by atoms with Gasteiger partial charge in [0.2, 0.25) is 0 Å². The van der Waals surface area contributed by atoms with Gasteiger partial charge in [-0.1, -0.05) is 11.6 Å². The molecular weight excluding hydrogens is 273 g/mol. The number of thiophene rings is 1. The predicted octanol–water partition coefficient (Wildman–Crippen LogP) is 3.90. The summed E-state index contributed by atoms with van der Waals surface area (Å²) in [5.74, 6) is -4.27. The van der Waals surface area contributed by atoms with E-state index in [0.29, 0.717) is 9.90 Å². The highest BCUT2D eigenvalue weighted by Crippen LogP contribution is 2.31. The van der Waals surface area contributed by atoms with Crippen molar-refractivity contribution in [1.82, 2.24) is 0 Å². The van der Waals surface area contributed by atoms with Gasteiger partial charge in [0.05, 0.1) is 5.02 Å². The number of aliphatic hydroxyl groups excluding tert-OH is 1. The molecule has 1 unspecified atom stereocenters. The Morgan fingerprint density at radius 2 is 1.88 bits per heavy atom. The van der Waals surface area contributed by atoms with Crippen molar-refractivity contribution in [2.45, 2.75) is 6.10 Å². The van der Waals surface area contributed by atoms with Crippen LogP contribution in [0.5, 0.6) is 0 Å². The van der Waals surface area contributed by atoms with Crippen LogP contribution in [0.2, 0.25) is 5.02 Å². The van der Waals surface area contributed by atoms with E-state index in [1.54, 1.807) is 5.38 Å². The van der Waals surface area contributed by atoms with Crippen molar-refractivity contribution in [3.05, 3.63) is 56.5 Å². The zero-order valence-electron chi connectivity index (χ0n) is 8.25. The minimum atomic E-state index is -1.59. The van der Waals surface area contributed by atoms with Crippen molar-refractivity contribution in [3.8, 4) is 0 Å². The van der Waals surface area contributed by atoms with Crippen molar-refractivity contribution < 1.29 is 18.3 Å². The highest BCUT2D eigenvalue weighted by molar-refractivity contribution is 7.10. The molecule has 0 saturated carbocycles. The number of hydrogen-bond acceptors (Lipinski definition) is 2. The van der Waals surface area contributed by atoms with Crippen LogP contribution in [0.15, 0.2) is 23.6 Å².